The van der Waals surface area contributed by atoms with Crippen molar-refractivity contribution in [2.45, 2.75) is 19.4 Å². The molecule has 1 unspecified atom stereocenters. The molecule has 0 amide bonds. The molecule has 2 rings (SSSR count). The summed E-state index contributed by atoms with van der Waals surface area (Å²) in [5.74, 6) is 0.468. The van der Waals surface area contributed by atoms with Crippen molar-refractivity contribution in [3.05, 3.63) is 60.2 Å². The third-order valence-corrected chi connectivity index (χ3v) is 3.55. The molecule has 0 aliphatic carbocycles. The third-order valence-electron chi connectivity index (χ3n) is 3.55. The van der Waals surface area contributed by atoms with Gasteiger partial charge in [0.25, 0.3) is 0 Å². The highest BCUT2D eigenvalue weighted by atomic mass is 16.5. The Morgan fingerprint density at radius 2 is 1.74 bits per heavy atom. The van der Waals surface area contributed by atoms with Gasteiger partial charge in [-0.25, -0.2) is 0 Å². The second-order valence-electron chi connectivity index (χ2n) is 5.58. The van der Waals surface area contributed by atoms with Gasteiger partial charge in [-0.1, -0.05) is 54.6 Å². The number of hydrogen-bond donors (Lipinski definition) is 2. The van der Waals surface area contributed by atoms with Crippen LogP contribution in [0, 0.1) is 0 Å². The molecule has 122 valence electrons. The number of ether oxygens (including phenoxy) is 1. The molecule has 0 spiro atoms. The topological polar surface area (TPSA) is 59.6 Å². The van der Waals surface area contributed by atoms with Crippen LogP contribution in [0.15, 0.2) is 59.6 Å². The van der Waals surface area contributed by atoms with Crippen LogP contribution in [-0.4, -0.2) is 32.3 Å². The van der Waals surface area contributed by atoms with Gasteiger partial charge in [-0.3, -0.25) is 4.99 Å². The minimum Gasteiger partial charge on any atom is -0.383 e. The largest absolute Gasteiger partial charge is 0.383 e. The van der Waals surface area contributed by atoms with Crippen LogP contribution in [-0.2, 0) is 11.2 Å². The third kappa shape index (κ3) is 5.75. The summed E-state index contributed by atoms with van der Waals surface area (Å²) < 4.78 is 5.05. The van der Waals surface area contributed by atoms with Crippen LogP contribution in [0.2, 0.25) is 0 Å². The van der Waals surface area contributed by atoms with Crippen molar-refractivity contribution in [2.75, 3.05) is 20.3 Å². The van der Waals surface area contributed by atoms with Crippen molar-refractivity contribution < 1.29 is 4.74 Å². The van der Waals surface area contributed by atoms with Gasteiger partial charge in [-0.2, -0.15) is 0 Å². The molecular formula is C19H25N3O. The number of aliphatic imine (C=N–C) groups is 1. The van der Waals surface area contributed by atoms with Crippen LogP contribution in [0.5, 0.6) is 0 Å². The fraction of sp³-hybridized carbons (Fsp3) is 0.316. The molecule has 2 aromatic rings. The molecule has 2 aromatic carbocycles. The molecule has 1 atom stereocenters. The minimum absolute atomic E-state index is 0.161. The van der Waals surface area contributed by atoms with Crippen molar-refractivity contribution in [1.82, 2.24) is 5.32 Å². The number of rotatable bonds is 7. The van der Waals surface area contributed by atoms with E-state index < -0.39 is 0 Å². The van der Waals surface area contributed by atoms with Crippen LogP contribution in [0.1, 0.15) is 12.5 Å². The summed E-state index contributed by atoms with van der Waals surface area (Å²) in [5.41, 5.74) is 9.57. The normalized spacial score (nSPS) is 12.9. The van der Waals surface area contributed by atoms with E-state index in [2.05, 4.69) is 58.8 Å². The van der Waals surface area contributed by atoms with Crippen LogP contribution in [0.3, 0.4) is 0 Å². The molecule has 0 saturated carbocycles. The molecule has 4 nitrogen and oxygen atoms in total. The number of hydrogen-bond acceptors (Lipinski definition) is 2. The van der Waals surface area contributed by atoms with E-state index in [1.165, 1.54) is 16.7 Å². The summed E-state index contributed by atoms with van der Waals surface area (Å²) in [6, 6.07) is 19.1. The number of guanidine groups is 1. The highest BCUT2D eigenvalue weighted by Crippen LogP contribution is 2.19. The first-order chi connectivity index (χ1) is 11.2. The van der Waals surface area contributed by atoms with Gasteiger partial charge in [0.05, 0.1) is 6.61 Å². The van der Waals surface area contributed by atoms with Gasteiger partial charge >= 0.3 is 0 Å². The Balaban J connectivity index is 1.84. The van der Waals surface area contributed by atoms with E-state index in [4.69, 9.17) is 10.5 Å². The van der Waals surface area contributed by atoms with Crippen molar-refractivity contribution in [1.29, 1.82) is 0 Å². The Morgan fingerprint density at radius 3 is 2.39 bits per heavy atom. The first-order valence-electron chi connectivity index (χ1n) is 7.89. The number of nitrogens with one attached hydrogen (secondary N) is 1. The maximum atomic E-state index is 5.85. The lowest BCUT2D eigenvalue weighted by atomic mass is 10.0. The molecule has 3 N–H and O–H groups in total. The van der Waals surface area contributed by atoms with E-state index in [0.29, 0.717) is 19.1 Å². The molecule has 0 aliphatic heterocycles. The molecule has 4 heteroatoms. The summed E-state index contributed by atoms with van der Waals surface area (Å²) in [5, 5.41) is 3.10. The predicted octanol–water partition coefficient (Wildman–Crippen LogP) is 2.84. The Kier molecular flexibility index (Phi) is 6.63. The van der Waals surface area contributed by atoms with Crippen molar-refractivity contribution >= 4 is 5.96 Å². The molecule has 0 aliphatic rings. The van der Waals surface area contributed by atoms with Crippen molar-refractivity contribution in [2.24, 2.45) is 10.7 Å². The molecule has 23 heavy (non-hydrogen) atoms. The molecule has 0 bridgehead atoms. The summed E-state index contributed by atoms with van der Waals surface area (Å²) in [7, 11) is 1.67. The number of nitrogens with two attached hydrogens (primary N) is 1. The van der Waals surface area contributed by atoms with E-state index in [9.17, 15) is 0 Å². The number of nitrogens with zero attached hydrogens (tertiary/aromatic N) is 1. The summed E-state index contributed by atoms with van der Waals surface area (Å²) >= 11 is 0. The summed E-state index contributed by atoms with van der Waals surface area (Å²) in [4.78, 5) is 4.35. The van der Waals surface area contributed by atoms with E-state index in [1.807, 2.05) is 13.0 Å². The van der Waals surface area contributed by atoms with Gasteiger partial charge < -0.3 is 15.8 Å². The van der Waals surface area contributed by atoms with Crippen LogP contribution in [0.4, 0.5) is 0 Å². The monoisotopic (exact) mass is 311 g/mol. The highest BCUT2D eigenvalue weighted by molar-refractivity contribution is 5.78. The van der Waals surface area contributed by atoms with Gasteiger partial charge in [0.2, 0.25) is 0 Å². The van der Waals surface area contributed by atoms with E-state index >= 15 is 0 Å². The second kappa shape index (κ2) is 8.96. The zero-order chi connectivity index (χ0) is 16.5. The lowest BCUT2D eigenvalue weighted by Gasteiger charge is -2.13. The molecule has 0 saturated heterocycles. The maximum absolute atomic E-state index is 5.85. The lowest BCUT2D eigenvalue weighted by Crippen LogP contribution is -2.40. The van der Waals surface area contributed by atoms with Crippen LogP contribution < -0.4 is 11.1 Å². The van der Waals surface area contributed by atoms with Gasteiger partial charge in [0, 0.05) is 19.7 Å². The maximum Gasteiger partial charge on any atom is 0.188 e. The van der Waals surface area contributed by atoms with Crippen LogP contribution >= 0.6 is 0 Å². The Labute approximate surface area is 138 Å². The molecule has 0 aromatic heterocycles. The highest BCUT2D eigenvalue weighted by Gasteiger charge is 2.01. The van der Waals surface area contributed by atoms with E-state index in [-0.39, 0.29) is 6.04 Å². The van der Waals surface area contributed by atoms with Crippen molar-refractivity contribution in [3.8, 4) is 11.1 Å². The molecular weight excluding hydrogens is 286 g/mol. The zero-order valence-electron chi connectivity index (χ0n) is 13.8. The first kappa shape index (κ1) is 17.0. The molecule has 0 radical (unpaired) electrons. The fourth-order valence-electron chi connectivity index (χ4n) is 2.39. The quantitative estimate of drug-likeness (QED) is 0.610. The van der Waals surface area contributed by atoms with Gasteiger partial charge in [-0.05, 0) is 30.0 Å². The molecule has 0 heterocycles. The minimum atomic E-state index is 0.161. The van der Waals surface area contributed by atoms with Gasteiger partial charge in [0.15, 0.2) is 5.96 Å². The Morgan fingerprint density at radius 1 is 1.09 bits per heavy atom. The van der Waals surface area contributed by atoms with Gasteiger partial charge in [0.1, 0.15) is 0 Å². The second-order valence-corrected chi connectivity index (χ2v) is 5.58. The summed E-state index contributed by atoms with van der Waals surface area (Å²) in [6.45, 7) is 3.29. The summed E-state index contributed by atoms with van der Waals surface area (Å²) in [6.07, 6.45) is 0.871. The SMILES string of the molecule is COCC(C)NC(N)=NCCc1ccc(-c2ccccc2)cc1. The smallest absolute Gasteiger partial charge is 0.188 e. The Hall–Kier alpha value is -2.33. The Bertz CT molecular complexity index is 608. The fourth-order valence-corrected chi connectivity index (χ4v) is 2.39. The molecule has 0 fully saturated rings. The zero-order valence-corrected chi connectivity index (χ0v) is 13.8. The van der Waals surface area contributed by atoms with E-state index in [0.717, 1.165) is 6.42 Å². The average Bonchev–Trinajstić information content (AvgIpc) is 2.56. The van der Waals surface area contributed by atoms with Crippen molar-refractivity contribution in [3.63, 3.8) is 0 Å². The van der Waals surface area contributed by atoms with Crippen LogP contribution in [0.25, 0.3) is 11.1 Å². The lowest BCUT2D eigenvalue weighted by molar-refractivity contribution is 0.179. The standard InChI is InChI=1S/C19H25N3O/c1-15(14-23-2)22-19(20)21-13-12-16-8-10-18(11-9-16)17-6-4-3-5-7-17/h3-11,15H,12-14H2,1-2H3,(H3,20,21,22). The first-order valence-corrected chi connectivity index (χ1v) is 7.89. The average molecular weight is 311 g/mol. The van der Waals surface area contributed by atoms with E-state index in [1.54, 1.807) is 7.11 Å². The van der Waals surface area contributed by atoms with Gasteiger partial charge in [-0.15, -0.1) is 0 Å². The number of methoxy groups -OCH3 is 1. The number of benzene rings is 2. The predicted molar refractivity (Wildman–Crippen MR) is 96.5 cm³/mol.